The molecule has 0 aliphatic carbocycles. The van der Waals surface area contributed by atoms with E-state index in [1.54, 1.807) is 13.2 Å². The first-order chi connectivity index (χ1) is 14.6. The second-order valence-corrected chi connectivity index (χ2v) is 9.48. The average Bonchev–Trinajstić information content (AvgIpc) is 2.73. The third-order valence-electron chi connectivity index (χ3n) is 4.62. The second-order valence-electron chi connectivity index (χ2n) is 6.75. The molecule has 0 saturated carbocycles. The van der Waals surface area contributed by atoms with Crippen LogP contribution in [0.5, 0.6) is 11.5 Å². The Hall–Kier alpha value is -1.90. The van der Waals surface area contributed by atoms with Gasteiger partial charge in [0.25, 0.3) is 0 Å². The van der Waals surface area contributed by atoms with Gasteiger partial charge in [0.2, 0.25) is 0 Å². The first-order valence-corrected chi connectivity index (χ1v) is 12.5. The highest BCUT2D eigenvalue weighted by Gasteiger charge is 2.39. The Morgan fingerprint density at radius 3 is 2.07 bits per heavy atom. The van der Waals surface area contributed by atoms with Crippen molar-refractivity contribution in [3.63, 3.8) is 0 Å². The van der Waals surface area contributed by atoms with Crippen LogP contribution in [-0.4, -0.2) is 47.6 Å². The topological polar surface area (TPSA) is 66.4 Å². The summed E-state index contributed by atoms with van der Waals surface area (Å²) >= 11 is 0. The van der Waals surface area contributed by atoms with Crippen molar-refractivity contribution in [3.05, 3.63) is 48.0 Å². The first kappa shape index (κ1) is 24.4. The molecule has 30 heavy (non-hydrogen) atoms. The Balaban J connectivity index is 2.14. The minimum absolute atomic E-state index is 0.217. The van der Waals surface area contributed by atoms with Crippen molar-refractivity contribution < 1.29 is 27.9 Å². The first-order valence-electron chi connectivity index (χ1n) is 10.5. The Bertz CT molecular complexity index is 733. The second kappa shape index (κ2) is 12.7. The molecule has 2 aromatic carbocycles. The van der Waals surface area contributed by atoms with Crippen molar-refractivity contribution in [2.75, 3.05) is 33.7 Å². The third kappa shape index (κ3) is 7.11. The van der Waals surface area contributed by atoms with Crippen LogP contribution >= 0.6 is 0 Å². The third-order valence-corrected chi connectivity index (χ3v) is 7.77. The highest BCUT2D eigenvalue weighted by molar-refractivity contribution is 6.60. The van der Waals surface area contributed by atoms with E-state index in [2.05, 4.69) is 0 Å². The predicted molar refractivity (Wildman–Crippen MR) is 120 cm³/mol. The van der Waals surface area contributed by atoms with Gasteiger partial charge in [-0.1, -0.05) is 18.2 Å². The summed E-state index contributed by atoms with van der Waals surface area (Å²) in [5.41, 5.74) is 3.23. The van der Waals surface area contributed by atoms with E-state index < -0.39 is 8.80 Å². The standard InChI is InChI=1S/C23H34O6Si/c1-5-27-30(28-6-2,29-7-3)16-8-9-20-17-21(24)12-15-23(20)19-10-13-22(14-11-19)26-18-25-4/h10-15,17,24H,5-9,16,18H2,1-4H3. The van der Waals surface area contributed by atoms with Crippen molar-refractivity contribution in [1.82, 2.24) is 0 Å². The molecule has 7 heteroatoms. The van der Waals surface area contributed by atoms with Crippen molar-refractivity contribution in [2.45, 2.75) is 39.7 Å². The number of hydrogen-bond donors (Lipinski definition) is 1. The Morgan fingerprint density at radius 2 is 1.50 bits per heavy atom. The minimum Gasteiger partial charge on any atom is -0.508 e. The zero-order chi connectivity index (χ0) is 21.8. The zero-order valence-corrected chi connectivity index (χ0v) is 19.5. The molecule has 166 valence electrons. The van der Waals surface area contributed by atoms with Crippen LogP contribution in [0.2, 0.25) is 6.04 Å². The zero-order valence-electron chi connectivity index (χ0n) is 18.5. The van der Waals surface area contributed by atoms with Crippen LogP contribution in [0.4, 0.5) is 0 Å². The quantitative estimate of drug-likeness (QED) is 0.333. The van der Waals surface area contributed by atoms with Gasteiger partial charge in [-0.05, 0) is 74.6 Å². The maximum absolute atomic E-state index is 10.0. The molecule has 0 aliphatic heterocycles. The van der Waals surface area contributed by atoms with Gasteiger partial charge >= 0.3 is 8.80 Å². The summed E-state index contributed by atoms with van der Waals surface area (Å²) in [6, 6.07) is 14.1. The molecule has 2 rings (SSSR count). The highest BCUT2D eigenvalue weighted by atomic mass is 28.4. The van der Waals surface area contributed by atoms with Crippen LogP contribution in [0.15, 0.2) is 42.5 Å². The molecule has 1 N–H and O–H groups in total. The minimum atomic E-state index is -2.67. The predicted octanol–water partition coefficient (Wildman–Crippen LogP) is 5.02. The van der Waals surface area contributed by atoms with E-state index in [1.807, 2.05) is 57.2 Å². The summed E-state index contributed by atoms with van der Waals surface area (Å²) in [5, 5.41) is 10.0. The molecular weight excluding hydrogens is 400 g/mol. The Labute approximate surface area is 181 Å². The van der Waals surface area contributed by atoms with Gasteiger partial charge in [0.1, 0.15) is 11.5 Å². The highest BCUT2D eigenvalue weighted by Crippen LogP contribution is 2.30. The van der Waals surface area contributed by atoms with Crippen LogP contribution in [0.1, 0.15) is 32.8 Å². The molecule has 2 aromatic rings. The fraction of sp³-hybridized carbons (Fsp3) is 0.478. The maximum atomic E-state index is 10.0. The lowest BCUT2D eigenvalue weighted by Gasteiger charge is -2.28. The van der Waals surface area contributed by atoms with Crippen molar-refractivity contribution in [1.29, 1.82) is 0 Å². The van der Waals surface area contributed by atoms with Crippen LogP contribution < -0.4 is 4.74 Å². The van der Waals surface area contributed by atoms with E-state index in [9.17, 15) is 5.11 Å². The van der Waals surface area contributed by atoms with E-state index in [4.69, 9.17) is 22.8 Å². The number of aryl methyl sites for hydroxylation is 1. The van der Waals surface area contributed by atoms with E-state index in [-0.39, 0.29) is 12.5 Å². The van der Waals surface area contributed by atoms with E-state index >= 15 is 0 Å². The van der Waals surface area contributed by atoms with Crippen molar-refractivity contribution in [3.8, 4) is 22.6 Å². The molecule has 6 nitrogen and oxygen atoms in total. The van der Waals surface area contributed by atoms with E-state index in [0.29, 0.717) is 19.8 Å². The summed E-state index contributed by atoms with van der Waals surface area (Å²) in [5.74, 6) is 1.01. The summed E-state index contributed by atoms with van der Waals surface area (Å²) < 4.78 is 28.3. The molecule has 0 aromatic heterocycles. The number of hydrogen-bond acceptors (Lipinski definition) is 6. The van der Waals surface area contributed by atoms with Crippen LogP contribution in [0.25, 0.3) is 11.1 Å². The number of phenolic OH excluding ortho intramolecular Hbond substituents is 1. The average molecular weight is 435 g/mol. The van der Waals surface area contributed by atoms with E-state index in [0.717, 1.165) is 41.3 Å². The number of phenols is 1. The largest absolute Gasteiger partial charge is 0.508 e. The molecule has 0 unspecified atom stereocenters. The molecule has 0 heterocycles. The lowest BCUT2D eigenvalue weighted by Crippen LogP contribution is -2.46. The molecular formula is C23H34O6Si. The van der Waals surface area contributed by atoms with Crippen LogP contribution in [0.3, 0.4) is 0 Å². The molecule has 0 atom stereocenters. The summed E-state index contributed by atoms with van der Waals surface area (Å²) in [6.45, 7) is 7.83. The summed E-state index contributed by atoms with van der Waals surface area (Å²) in [7, 11) is -1.08. The fourth-order valence-corrected chi connectivity index (χ4v) is 6.04. The van der Waals surface area contributed by atoms with Crippen LogP contribution in [-0.2, 0) is 24.4 Å². The van der Waals surface area contributed by atoms with Gasteiger partial charge in [-0.25, -0.2) is 0 Å². The Morgan fingerprint density at radius 1 is 0.867 bits per heavy atom. The molecule has 0 spiro atoms. The normalized spacial score (nSPS) is 11.6. The lowest BCUT2D eigenvalue weighted by molar-refractivity contribution is 0.0511. The van der Waals surface area contributed by atoms with Gasteiger partial charge in [0.05, 0.1) is 0 Å². The van der Waals surface area contributed by atoms with Gasteiger partial charge in [0.15, 0.2) is 6.79 Å². The molecule has 0 radical (unpaired) electrons. The van der Waals surface area contributed by atoms with E-state index in [1.165, 1.54) is 0 Å². The van der Waals surface area contributed by atoms with Crippen LogP contribution in [0, 0.1) is 0 Å². The van der Waals surface area contributed by atoms with Crippen molar-refractivity contribution >= 4 is 8.80 Å². The molecule has 0 saturated heterocycles. The van der Waals surface area contributed by atoms with Gasteiger partial charge < -0.3 is 27.9 Å². The number of ether oxygens (including phenoxy) is 2. The van der Waals surface area contributed by atoms with Gasteiger partial charge in [-0.15, -0.1) is 0 Å². The fourth-order valence-electron chi connectivity index (χ4n) is 3.42. The molecule has 0 aliphatic rings. The SMILES string of the molecule is CCO[Si](CCCc1cc(O)ccc1-c1ccc(OCOC)cc1)(OCC)OCC. The maximum Gasteiger partial charge on any atom is 0.500 e. The number of methoxy groups -OCH3 is 1. The molecule has 0 fully saturated rings. The monoisotopic (exact) mass is 434 g/mol. The van der Waals surface area contributed by atoms with Gasteiger partial charge in [-0.3, -0.25) is 0 Å². The lowest BCUT2D eigenvalue weighted by atomic mass is 9.96. The van der Waals surface area contributed by atoms with Crippen molar-refractivity contribution in [2.24, 2.45) is 0 Å². The number of rotatable bonds is 14. The Kier molecular flexibility index (Phi) is 10.3. The smallest absolute Gasteiger partial charge is 0.500 e. The summed E-state index contributed by atoms with van der Waals surface area (Å²) in [4.78, 5) is 0. The number of aromatic hydroxyl groups is 1. The summed E-state index contributed by atoms with van der Waals surface area (Å²) in [6.07, 6.45) is 1.63. The molecule has 0 bridgehead atoms. The molecule has 0 amide bonds. The van der Waals surface area contributed by atoms with Gasteiger partial charge in [-0.2, -0.15) is 0 Å². The van der Waals surface area contributed by atoms with Gasteiger partial charge in [0, 0.05) is 33.0 Å². The number of benzene rings is 2.